The quantitative estimate of drug-likeness (QED) is 0.678. The van der Waals surface area contributed by atoms with Crippen LogP contribution in [0.2, 0.25) is 5.02 Å². The molecule has 1 aliphatic rings. The first-order valence-corrected chi connectivity index (χ1v) is 10.0. The van der Waals surface area contributed by atoms with Crippen LogP contribution in [0.3, 0.4) is 0 Å². The molecular formula is C23H22ClN3O2. The molecule has 2 amide bonds. The number of amides is 2. The maximum Gasteiger partial charge on any atom is 0.251 e. The highest BCUT2D eigenvalue weighted by Crippen LogP contribution is 2.29. The van der Waals surface area contributed by atoms with Gasteiger partial charge in [0.15, 0.2) is 0 Å². The fourth-order valence-electron chi connectivity index (χ4n) is 3.67. The first-order chi connectivity index (χ1) is 14.0. The van der Waals surface area contributed by atoms with E-state index in [1.807, 2.05) is 18.3 Å². The molecule has 29 heavy (non-hydrogen) atoms. The van der Waals surface area contributed by atoms with E-state index in [0.29, 0.717) is 23.7 Å². The highest BCUT2D eigenvalue weighted by atomic mass is 35.5. The number of nitrogens with one attached hydrogen (secondary N) is 2. The standard InChI is InChI=1S/C23H22ClN3O2/c1-15(26-22(28)17-6-8-18(24)9-7-17)23(29)27-12-10-16(11-13-27)20-14-25-21-5-3-2-4-19(20)21/h2-10,14-15,25H,11-13H2,1H3,(H,26,28)/t15-/m1/s1. The van der Waals surface area contributed by atoms with Crippen LogP contribution >= 0.6 is 11.6 Å². The fraction of sp³-hybridized carbons (Fsp3) is 0.217. The number of rotatable bonds is 4. The van der Waals surface area contributed by atoms with Gasteiger partial charge < -0.3 is 15.2 Å². The summed E-state index contributed by atoms with van der Waals surface area (Å²) in [7, 11) is 0. The van der Waals surface area contributed by atoms with E-state index in [9.17, 15) is 9.59 Å². The van der Waals surface area contributed by atoms with Crippen LogP contribution in [0.1, 0.15) is 29.3 Å². The average molecular weight is 408 g/mol. The van der Waals surface area contributed by atoms with E-state index in [0.717, 1.165) is 11.9 Å². The third-order valence-electron chi connectivity index (χ3n) is 5.28. The van der Waals surface area contributed by atoms with Crippen LogP contribution < -0.4 is 5.32 Å². The zero-order chi connectivity index (χ0) is 20.4. The summed E-state index contributed by atoms with van der Waals surface area (Å²) in [6, 6.07) is 14.2. The lowest BCUT2D eigenvalue weighted by Crippen LogP contribution is -2.48. The molecule has 0 bridgehead atoms. The summed E-state index contributed by atoms with van der Waals surface area (Å²) < 4.78 is 0. The number of nitrogens with zero attached hydrogens (tertiary/aromatic N) is 1. The molecule has 148 valence electrons. The lowest BCUT2D eigenvalue weighted by atomic mass is 9.98. The molecule has 0 unspecified atom stereocenters. The van der Waals surface area contributed by atoms with Gasteiger partial charge in [0, 0.05) is 46.3 Å². The molecule has 6 heteroatoms. The summed E-state index contributed by atoms with van der Waals surface area (Å²) in [4.78, 5) is 30.2. The van der Waals surface area contributed by atoms with Gasteiger partial charge in [-0.15, -0.1) is 0 Å². The molecule has 0 saturated carbocycles. The van der Waals surface area contributed by atoms with Crippen molar-refractivity contribution in [2.75, 3.05) is 13.1 Å². The van der Waals surface area contributed by atoms with Gasteiger partial charge in [0.25, 0.3) is 5.91 Å². The second-order valence-electron chi connectivity index (χ2n) is 7.21. The number of fused-ring (bicyclic) bond motifs is 1. The van der Waals surface area contributed by atoms with Crippen molar-refractivity contribution in [2.45, 2.75) is 19.4 Å². The van der Waals surface area contributed by atoms with Gasteiger partial charge in [-0.3, -0.25) is 9.59 Å². The van der Waals surface area contributed by atoms with Gasteiger partial charge in [0.05, 0.1) is 0 Å². The van der Waals surface area contributed by atoms with Gasteiger partial charge >= 0.3 is 0 Å². The number of carbonyl (C=O) groups is 2. The summed E-state index contributed by atoms with van der Waals surface area (Å²) in [6.45, 7) is 2.88. The van der Waals surface area contributed by atoms with Crippen LogP contribution in [0.25, 0.3) is 16.5 Å². The largest absolute Gasteiger partial charge is 0.361 e. The normalized spacial score (nSPS) is 15.1. The van der Waals surface area contributed by atoms with Gasteiger partial charge in [-0.05, 0) is 49.2 Å². The van der Waals surface area contributed by atoms with Crippen LogP contribution in [0.15, 0.2) is 60.8 Å². The number of hydrogen-bond acceptors (Lipinski definition) is 2. The van der Waals surface area contributed by atoms with Crippen molar-refractivity contribution in [1.82, 2.24) is 15.2 Å². The van der Waals surface area contributed by atoms with E-state index in [2.05, 4.69) is 28.5 Å². The van der Waals surface area contributed by atoms with Crippen molar-refractivity contribution in [2.24, 2.45) is 0 Å². The van der Waals surface area contributed by atoms with Crippen LogP contribution in [0, 0.1) is 0 Å². The third kappa shape index (κ3) is 4.05. The zero-order valence-corrected chi connectivity index (χ0v) is 16.9. The molecule has 1 atom stereocenters. The Bertz CT molecular complexity index is 1080. The van der Waals surface area contributed by atoms with Crippen LogP contribution in [-0.4, -0.2) is 40.8 Å². The first kappa shape index (κ1) is 19.3. The SMILES string of the molecule is C[C@@H](NC(=O)c1ccc(Cl)cc1)C(=O)N1CC=C(c2c[nH]c3ccccc23)CC1. The van der Waals surface area contributed by atoms with Crippen LogP contribution in [0.5, 0.6) is 0 Å². The Morgan fingerprint density at radius 2 is 1.90 bits per heavy atom. The number of aromatic nitrogens is 1. The molecule has 2 N–H and O–H groups in total. The molecule has 5 nitrogen and oxygen atoms in total. The van der Waals surface area contributed by atoms with Crippen molar-refractivity contribution in [3.8, 4) is 0 Å². The fourth-order valence-corrected chi connectivity index (χ4v) is 3.79. The van der Waals surface area contributed by atoms with Gasteiger partial charge in [-0.2, -0.15) is 0 Å². The number of H-pyrrole nitrogens is 1. The van der Waals surface area contributed by atoms with Gasteiger partial charge in [-0.1, -0.05) is 35.9 Å². The van der Waals surface area contributed by atoms with Crippen molar-refractivity contribution in [1.29, 1.82) is 0 Å². The van der Waals surface area contributed by atoms with Crippen molar-refractivity contribution < 1.29 is 9.59 Å². The Kier molecular flexibility index (Phi) is 5.41. The molecule has 0 spiro atoms. The number of benzene rings is 2. The van der Waals surface area contributed by atoms with Crippen LogP contribution in [-0.2, 0) is 4.79 Å². The lowest BCUT2D eigenvalue weighted by molar-refractivity contribution is -0.132. The Balaban J connectivity index is 1.40. The predicted molar refractivity (Wildman–Crippen MR) is 116 cm³/mol. The lowest BCUT2D eigenvalue weighted by Gasteiger charge is -2.29. The Morgan fingerprint density at radius 1 is 1.14 bits per heavy atom. The number of hydrogen-bond donors (Lipinski definition) is 2. The molecular weight excluding hydrogens is 386 g/mol. The topological polar surface area (TPSA) is 65.2 Å². The second kappa shape index (κ2) is 8.13. The minimum Gasteiger partial charge on any atom is -0.361 e. The maximum atomic E-state index is 12.8. The third-order valence-corrected chi connectivity index (χ3v) is 5.53. The van der Waals surface area contributed by atoms with E-state index in [4.69, 9.17) is 11.6 Å². The molecule has 1 aliphatic heterocycles. The summed E-state index contributed by atoms with van der Waals surface area (Å²) in [5.74, 6) is -0.365. The van der Waals surface area contributed by atoms with Gasteiger partial charge in [0.1, 0.15) is 6.04 Å². The minimum absolute atomic E-state index is 0.0819. The van der Waals surface area contributed by atoms with E-state index in [1.165, 1.54) is 16.5 Å². The average Bonchev–Trinajstić information content (AvgIpc) is 3.18. The van der Waals surface area contributed by atoms with E-state index in [-0.39, 0.29) is 11.8 Å². The first-order valence-electron chi connectivity index (χ1n) is 9.63. The van der Waals surface area contributed by atoms with Crippen molar-refractivity contribution in [3.63, 3.8) is 0 Å². The molecule has 3 aromatic rings. The molecule has 2 heterocycles. The number of para-hydroxylation sites is 1. The molecule has 0 radical (unpaired) electrons. The van der Waals surface area contributed by atoms with E-state index < -0.39 is 6.04 Å². The van der Waals surface area contributed by atoms with Crippen molar-refractivity contribution in [3.05, 3.63) is 77.0 Å². The molecule has 0 saturated heterocycles. The zero-order valence-electron chi connectivity index (χ0n) is 16.1. The summed E-state index contributed by atoms with van der Waals surface area (Å²) in [5.41, 5.74) is 4.02. The van der Waals surface area contributed by atoms with Crippen molar-refractivity contribution >= 4 is 39.9 Å². The Labute approximate surface area is 174 Å². The van der Waals surface area contributed by atoms with E-state index >= 15 is 0 Å². The Morgan fingerprint density at radius 3 is 2.62 bits per heavy atom. The van der Waals surface area contributed by atoms with E-state index in [1.54, 1.807) is 36.1 Å². The summed E-state index contributed by atoms with van der Waals surface area (Å²) in [5, 5.41) is 4.54. The predicted octanol–water partition coefficient (Wildman–Crippen LogP) is 4.26. The molecule has 0 aliphatic carbocycles. The summed E-state index contributed by atoms with van der Waals surface area (Å²) >= 11 is 5.86. The maximum absolute atomic E-state index is 12.8. The highest BCUT2D eigenvalue weighted by molar-refractivity contribution is 6.30. The van der Waals surface area contributed by atoms with Crippen LogP contribution in [0.4, 0.5) is 0 Å². The summed E-state index contributed by atoms with van der Waals surface area (Å²) in [6.07, 6.45) is 4.92. The monoisotopic (exact) mass is 407 g/mol. The number of halogens is 1. The number of aromatic amines is 1. The van der Waals surface area contributed by atoms with Gasteiger partial charge in [-0.25, -0.2) is 0 Å². The molecule has 2 aromatic carbocycles. The molecule has 0 fully saturated rings. The molecule has 1 aromatic heterocycles. The number of carbonyl (C=O) groups excluding carboxylic acids is 2. The molecule has 4 rings (SSSR count). The smallest absolute Gasteiger partial charge is 0.251 e. The minimum atomic E-state index is -0.596. The Hall–Kier alpha value is -3.05. The van der Waals surface area contributed by atoms with Gasteiger partial charge in [0.2, 0.25) is 5.91 Å². The highest BCUT2D eigenvalue weighted by Gasteiger charge is 2.24. The second-order valence-corrected chi connectivity index (χ2v) is 7.65.